The zero-order chi connectivity index (χ0) is 12.1. The van der Waals surface area contributed by atoms with Crippen molar-refractivity contribution in [2.24, 2.45) is 11.8 Å². The molecule has 0 bridgehead atoms. The van der Waals surface area contributed by atoms with Crippen molar-refractivity contribution in [3.8, 4) is 5.75 Å². The Labute approximate surface area is 115 Å². The number of halogens is 3. The molecule has 0 heterocycles. The Morgan fingerprint density at radius 2 is 1.75 bits per heavy atom. The lowest BCUT2D eigenvalue weighted by Gasteiger charge is -2.18. The van der Waals surface area contributed by atoms with Crippen molar-refractivity contribution >= 4 is 39.1 Å². The third-order valence-electron chi connectivity index (χ3n) is 2.44. The van der Waals surface area contributed by atoms with E-state index in [4.69, 9.17) is 27.9 Å². The molecule has 0 spiro atoms. The van der Waals surface area contributed by atoms with Crippen molar-refractivity contribution in [2.45, 2.75) is 13.8 Å². The van der Waals surface area contributed by atoms with Gasteiger partial charge >= 0.3 is 0 Å². The van der Waals surface area contributed by atoms with E-state index < -0.39 is 0 Å². The zero-order valence-corrected chi connectivity index (χ0v) is 12.4. The molecule has 1 nitrogen and oxygen atoms in total. The lowest BCUT2D eigenvalue weighted by atomic mass is 9.99. The molecule has 4 heteroatoms. The maximum atomic E-state index is 5.89. The standard InChI is InChI=1S/C12H15BrCl2O/c1-8(2)9(6-13)7-16-12-4-10(14)3-11(15)5-12/h3-5,8-9H,6-7H2,1-2H3. The molecule has 1 rings (SSSR count). The van der Waals surface area contributed by atoms with Crippen molar-refractivity contribution < 1.29 is 4.74 Å². The van der Waals surface area contributed by atoms with Gasteiger partial charge in [0.15, 0.2) is 0 Å². The highest BCUT2D eigenvalue weighted by Crippen LogP contribution is 2.25. The van der Waals surface area contributed by atoms with Crippen molar-refractivity contribution in [1.82, 2.24) is 0 Å². The van der Waals surface area contributed by atoms with Gasteiger partial charge in [-0.3, -0.25) is 0 Å². The van der Waals surface area contributed by atoms with Crippen LogP contribution in [0.15, 0.2) is 18.2 Å². The Kier molecular flexibility index (Phi) is 5.95. The van der Waals surface area contributed by atoms with Gasteiger partial charge in [0.2, 0.25) is 0 Å². The summed E-state index contributed by atoms with van der Waals surface area (Å²) >= 11 is 15.3. The molecule has 1 aromatic rings. The Balaban J connectivity index is 2.60. The van der Waals surface area contributed by atoms with Crippen LogP contribution in [0.25, 0.3) is 0 Å². The second kappa shape index (κ2) is 6.73. The molecule has 0 aliphatic carbocycles. The minimum Gasteiger partial charge on any atom is -0.493 e. The highest BCUT2D eigenvalue weighted by molar-refractivity contribution is 9.09. The van der Waals surface area contributed by atoms with Crippen molar-refractivity contribution in [3.05, 3.63) is 28.2 Å². The van der Waals surface area contributed by atoms with E-state index in [1.165, 1.54) is 0 Å². The van der Waals surface area contributed by atoms with Gasteiger partial charge in [0.05, 0.1) is 6.61 Å². The molecular formula is C12H15BrCl2O. The monoisotopic (exact) mass is 324 g/mol. The fraction of sp³-hybridized carbons (Fsp3) is 0.500. The van der Waals surface area contributed by atoms with Crippen LogP contribution in [0.2, 0.25) is 10.0 Å². The normalized spacial score (nSPS) is 12.9. The highest BCUT2D eigenvalue weighted by Gasteiger charge is 2.12. The van der Waals surface area contributed by atoms with Crippen LogP contribution in [-0.2, 0) is 0 Å². The van der Waals surface area contributed by atoms with E-state index in [1.54, 1.807) is 18.2 Å². The number of rotatable bonds is 5. The van der Waals surface area contributed by atoms with Gasteiger partial charge in [0.1, 0.15) is 5.75 Å². The van der Waals surface area contributed by atoms with Crippen LogP contribution in [0, 0.1) is 11.8 Å². The SMILES string of the molecule is CC(C)C(CBr)COc1cc(Cl)cc(Cl)c1. The fourth-order valence-corrected chi connectivity index (χ4v) is 2.67. The first-order chi connectivity index (χ1) is 7.52. The van der Waals surface area contributed by atoms with Gasteiger partial charge in [-0.1, -0.05) is 53.0 Å². The van der Waals surface area contributed by atoms with E-state index in [0.717, 1.165) is 11.1 Å². The molecule has 0 radical (unpaired) electrons. The minimum absolute atomic E-state index is 0.484. The number of hydrogen-bond acceptors (Lipinski definition) is 1. The first-order valence-electron chi connectivity index (χ1n) is 5.17. The molecule has 0 saturated heterocycles. The summed E-state index contributed by atoms with van der Waals surface area (Å²) in [6, 6.07) is 5.25. The van der Waals surface area contributed by atoms with Gasteiger partial charge in [-0.05, 0) is 24.1 Å². The summed E-state index contributed by atoms with van der Waals surface area (Å²) in [4.78, 5) is 0. The summed E-state index contributed by atoms with van der Waals surface area (Å²) < 4.78 is 5.68. The molecule has 0 aliphatic heterocycles. The molecule has 16 heavy (non-hydrogen) atoms. The zero-order valence-electron chi connectivity index (χ0n) is 9.34. The summed E-state index contributed by atoms with van der Waals surface area (Å²) in [5.41, 5.74) is 0. The van der Waals surface area contributed by atoms with Crippen LogP contribution in [-0.4, -0.2) is 11.9 Å². The summed E-state index contributed by atoms with van der Waals surface area (Å²) in [5, 5.41) is 2.13. The summed E-state index contributed by atoms with van der Waals surface area (Å²) in [6.07, 6.45) is 0. The number of benzene rings is 1. The van der Waals surface area contributed by atoms with Crippen molar-refractivity contribution in [2.75, 3.05) is 11.9 Å². The van der Waals surface area contributed by atoms with E-state index >= 15 is 0 Å². The second-order valence-corrected chi connectivity index (χ2v) is 5.59. The number of ether oxygens (including phenoxy) is 1. The van der Waals surface area contributed by atoms with E-state index in [2.05, 4.69) is 29.8 Å². The van der Waals surface area contributed by atoms with Crippen LogP contribution in [0.1, 0.15) is 13.8 Å². The molecule has 0 aliphatic rings. The second-order valence-electron chi connectivity index (χ2n) is 4.07. The predicted octanol–water partition coefficient (Wildman–Crippen LogP) is 5.04. The van der Waals surface area contributed by atoms with Crippen molar-refractivity contribution in [3.63, 3.8) is 0 Å². The summed E-state index contributed by atoms with van der Waals surface area (Å²) in [7, 11) is 0. The van der Waals surface area contributed by atoms with Gasteiger partial charge < -0.3 is 4.74 Å². The number of alkyl halides is 1. The van der Waals surface area contributed by atoms with Crippen LogP contribution in [0.4, 0.5) is 0 Å². The molecule has 0 saturated carbocycles. The van der Waals surface area contributed by atoms with Crippen molar-refractivity contribution in [1.29, 1.82) is 0 Å². The average molecular weight is 326 g/mol. The van der Waals surface area contributed by atoms with Gasteiger partial charge in [0, 0.05) is 21.3 Å². The van der Waals surface area contributed by atoms with Crippen LogP contribution < -0.4 is 4.74 Å². The Bertz CT molecular complexity index is 322. The average Bonchev–Trinajstić information content (AvgIpc) is 2.16. The molecular weight excluding hydrogens is 311 g/mol. The number of hydrogen-bond donors (Lipinski definition) is 0. The highest BCUT2D eigenvalue weighted by atomic mass is 79.9. The smallest absolute Gasteiger partial charge is 0.122 e. The van der Waals surface area contributed by atoms with Gasteiger partial charge in [0.25, 0.3) is 0 Å². The molecule has 1 atom stereocenters. The van der Waals surface area contributed by atoms with E-state index in [0.29, 0.717) is 28.5 Å². The third-order valence-corrected chi connectivity index (χ3v) is 3.71. The molecule has 1 unspecified atom stereocenters. The van der Waals surface area contributed by atoms with Gasteiger partial charge in [-0.2, -0.15) is 0 Å². The van der Waals surface area contributed by atoms with Crippen LogP contribution in [0.3, 0.4) is 0 Å². The Hall–Kier alpha value is 0.0800. The topological polar surface area (TPSA) is 9.23 Å². The van der Waals surface area contributed by atoms with E-state index in [1.807, 2.05) is 0 Å². The maximum Gasteiger partial charge on any atom is 0.122 e. The van der Waals surface area contributed by atoms with Gasteiger partial charge in [-0.25, -0.2) is 0 Å². The molecule has 0 aromatic heterocycles. The molecule has 0 amide bonds. The summed E-state index contributed by atoms with van der Waals surface area (Å²) in [6.45, 7) is 5.03. The van der Waals surface area contributed by atoms with E-state index in [9.17, 15) is 0 Å². The third kappa shape index (κ3) is 4.52. The lowest BCUT2D eigenvalue weighted by Crippen LogP contribution is -2.19. The van der Waals surface area contributed by atoms with Crippen LogP contribution >= 0.6 is 39.1 Å². The largest absolute Gasteiger partial charge is 0.493 e. The molecule has 0 N–H and O–H groups in total. The predicted molar refractivity (Wildman–Crippen MR) is 74.1 cm³/mol. The fourth-order valence-electron chi connectivity index (χ4n) is 1.23. The van der Waals surface area contributed by atoms with Gasteiger partial charge in [-0.15, -0.1) is 0 Å². The molecule has 0 fully saturated rings. The van der Waals surface area contributed by atoms with Crippen LogP contribution in [0.5, 0.6) is 5.75 Å². The first-order valence-corrected chi connectivity index (χ1v) is 7.05. The Morgan fingerprint density at radius 3 is 2.19 bits per heavy atom. The summed E-state index contributed by atoms with van der Waals surface area (Å²) in [5.74, 6) is 1.79. The quantitative estimate of drug-likeness (QED) is 0.689. The maximum absolute atomic E-state index is 5.89. The lowest BCUT2D eigenvalue weighted by molar-refractivity contribution is 0.227. The first kappa shape index (κ1) is 14.1. The molecule has 1 aromatic carbocycles. The minimum atomic E-state index is 0.484. The Morgan fingerprint density at radius 1 is 1.19 bits per heavy atom. The van der Waals surface area contributed by atoms with E-state index in [-0.39, 0.29) is 0 Å². The molecule has 90 valence electrons.